The van der Waals surface area contributed by atoms with Crippen molar-refractivity contribution in [2.24, 2.45) is 0 Å². The predicted octanol–water partition coefficient (Wildman–Crippen LogP) is 5.62. The fraction of sp³-hybridized carbons (Fsp3) is 0.138. The maximum Gasteiger partial charge on any atom is 0.340 e. The molecular weight excluding hydrogens is 552 g/mol. The molecule has 0 aliphatic carbocycles. The fourth-order valence-corrected chi connectivity index (χ4v) is 5.08. The number of rotatable bonds is 10. The van der Waals surface area contributed by atoms with Crippen molar-refractivity contribution in [2.45, 2.75) is 20.4 Å². The second-order valence-corrected chi connectivity index (χ2v) is 10.5. The third-order valence-corrected chi connectivity index (χ3v) is 7.40. The lowest BCUT2D eigenvalue weighted by Crippen LogP contribution is -2.24. The molecule has 11 heteroatoms. The van der Waals surface area contributed by atoms with Crippen molar-refractivity contribution in [1.82, 2.24) is 0 Å². The second kappa shape index (κ2) is 12.9. The van der Waals surface area contributed by atoms with Crippen LogP contribution in [-0.2, 0) is 33.8 Å². The van der Waals surface area contributed by atoms with Crippen molar-refractivity contribution >= 4 is 45.6 Å². The van der Waals surface area contributed by atoms with Gasteiger partial charge in [-0.25, -0.2) is 4.79 Å². The van der Waals surface area contributed by atoms with Crippen LogP contribution in [0.15, 0.2) is 91.0 Å². The van der Waals surface area contributed by atoms with Crippen molar-refractivity contribution in [1.29, 1.82) is 0 Å². The van der Waals surface area contributed by atoms with Crippen LogP contribution < -0.4 is 13.3 Å². The lowest BCUT2D eigenvalue weighted by Gasteiger charge is -2.28. The summed E-state index contributed by atoms with van der Waals surface area (Å²) < 4.78 is 61.1. The van der Waals surface area contributed by atoms with E-state index >= 15 is 0 Å². The molecule has 0 aromatic heterocycles. The Morgan fingerprint density at radius 2 is 1.30 bits per heavy atom. The SMILES string of the molecule is COC(=O)c1cc(Oc2ccc(CN(c3ccc(C)cc3)S(=O)[O-])cc2)ccc1N(c1ccc(C)cc1)S(=O)[O-]. The summed E-state index contributed by atoms with van der Waals surface area (Å²) in [6.45, 7) is 3.93. The summed E-state index contributed by atoms with van der Waals surface area (Å²) in [4.78, 5) is 12.6. The molecule has 208 valence electrons. The summed E-state index contributed by atoms with van der Waals surface area (Å²) in [5, 5.41) is 0. The van der Waals surface area contributed by atoms with Gasteiger partial charge in [-0.15, -0.1) is 0 Å². The van der Waals surface area contributed by atoms with E-state index in [1.807, 2.05) is 26.0 Å². The maximum absolute atomic E-state index is 12.6. The highest BCUT2D eigenvalue weighted by Crippen LogP contribution is 2.34. The lowest BCUT2D eigenvalue weighted by atomic mass is 10.1. The zero-order valence-corrected chi connectivity index (χ0v) is 23.6. The highest BCUT2D eigenvalue weighted by molar-refractivity contribution is 7.81. The number of ether oxygens (including phenoxy) is 2. The zero-order valence-electron chi connectivity index (χ0n) is 21.9. The molecule has 0 radical (unpaired) electrons. The molecule has 40 heavy (non-hydrogen) atoms. The average Bonchev–Trinajstić information content (AvgIpc) is 2.94. The first kappa shape index (κ1) is 29.0. The minimum absolute atomic E-state index is 0.00643. The Labute approximate surface area is 237 Å². The van der Waals surface area contributed by atoms with Gasteiger partial charge in [0.15, 0.2) is 0 Å². The molecule has 4 aromatic rings. The number of carbonyl (C=O) groups is 1. The van der Waals surface area contributed by atoms with Gasteiger partial charge in [-0.3, -0.25) is 17.0 Å². The van der Waals surface area contributed by atoms with Crippen LogP contribution in [0.5, 0.6) is 11.5 Å². The number of methoxy groups -OCH3 is 1. The predicted molar refractivity (Wildman–Crippen MR) is 153 cm³/mol. The Bertz CT molecular complexity index is 1530. The van der Waals surface area contributed by atoms with Gasteiger partial charge < -0.3 is 18.6 Å². The quantitative estimate of drug-likeness (QED) is 0.177. The first-order chi connectivity index (χ1) is 19.2. The molecule has 0 N–H and O–H groups in total. The van der Waals surface area contributed by atoms with Gasteiger partial charge in [0, 0.05) is 17.0 Å². The molecule has 4 rings (SSSR count). The smallest absolute Gasteiger partial charge is 0.340 e. The summed E-state index contributed by atoms with van der Waals surface area (Å²) in [6, 6.07) is 25.2. The summed E-state index contributed by atoms with van der Waals surface area (Å²) in [6.07, 6.45) is 0. The lowest BCUT2D eigenvalue weighted by molar-refractivity contribution is 0.0601. The first-order valence-electron chi connectivity index (χ1n) is 12.0. The molecule has 4 aromatic carbocycles. The Morgan fingerprint density at radius 3 is 1.82 bits per heavy atom. The highest BCUT2D eigenvalue weighted by atomic mass is 32.2. The molecule has 0 saturated carbocycles. The van der Waals surface area contributed by atoms with E-state index < -0.39 is 28.5 Å². The number of anilines is 3. The molecule has 0 spiro atoms. The van der Waals surface area contributed by atoms with Gasteiger partial charge in [-0.2, -0.15) is 0 Å². The molecule has 0 bridgehead atoms. The van der Waals surface area contributed by atoms with E-state index in [9.17, 15) is 22.3 Å². The van der Waals surface area contributed by atoms with Crippen LogP contribution in [0.4, 0.5) is 17.1 Å². The van der Waals surface area contributed by atoms with Gasteiger partial charge in [0.1, 0.15) is 11.5 Å². The number of hydrogen-bond acceptors (Lipinski definition) is 7. The fourth-order valence-electron chi connectivity index (χ4n) is 3.92. The van der Waals surface area contributed by atoms with Crippen LogP contribution in [0.2, 0.25) is 0 Å². The van der Waals surface area contributed by atoms with E-state index in [4.69, 9.17) is 9.47 Å². The third-order valence-electron chi connectivity index (χ3n) is 6.00. The summed E-state index contributed by atoms with van der Waals surface area (Å²) >= 11 is -5.20. The minimum Gasteiger partial charge on any atom is -0.755 e. The monoisotopic (exact) mass is 578 g/mol. The second-order valence-electron chi connectivity index (χ2n) is 8.85. The number of aryl methyl sites for hydroxylation is 2. The molecule has 9 nitrogen and oxygen atoms in total. The Morgan fingerprint density at radius 1 is 0.750 bits per heavy atom. The van der Waals surface area contributed by atoms with E-state index in [-0.39, 0.29) is 23.5 Å². The van der Waals surface area contributed by atoms with Crippen molar-refractivity contribution in [3.8, 4) is 11.5 Å². The van der Waals surface area contributed by atoms with Crippen LogP contribution in [0, 0.1) is 13.8 Å². The first-order valence-corrected chi connectivity index (χ1v) is 14.1. The molecule has 0 heterocycles. The van der Waals surface area contributed by atoms with Crippen molar-refractivity contribution in [3.05, 3.63) is 113 Å². The van der Waals surface area contributed by atoms with Crippen LogP contribution >= 0.6 is 0 Å². The number of hydrogen-bond donors (Lipinski definition) is 0. The molecule has 2 atom stereocenters. The Balaban J connectivity index is 1.57. The largest absolute Gasteiger partial charge is 0.755 e. The highest BCUT2D eigenvalue weighted by Gasteiger charge is 2.21. The zero-order chi connectivity index (χ0) is 28.8. The van der Waals surface area contributed by atoms with Gasteiger partial charge >= 0.3 is 5.97 Å². The standard InChI is InChI=1S/C29H28N2O7S2/c1-20-4-10-23(11-5-20)30(39(33)34)19-22-8-14-25(15-9-22)38-26-16-17-28(27(18-26)29(32)37-3)31(40(35)36)24-12-6-21(2)7-13-24/h4-18H,19H2,1-3H3,(H,33,34)(H,35,36)/p-2. The molecule has 0 aliphatic rings. The van der Waals surface area contributed by atoms with E-state index in [1.54, 1.807) is 66.7 Å². The van der Waals surface area contributed by atoms with Gasteiger partial charge in [-0.1, -0.05) is 47.5 Å². The van der Waals surface area contributed by atoms with E-state index in [2.05, 4.69) is 0 Å². The van der Waals surface area contributed by atoms with Gasteiger partial charge in [0.2, 0.25) is 0 Å². The summed E-state index contributed by atoms with van der Waals surface area (Å²) in [5.74, 6) is -0.0280. The molecule has 0 amide bonds. The topological polar surface area (TPSA) is 122 Å². The third kappa shape index (κ3) is 6.93. The van der Waals surface area contributed by atoms with Crippen LogP contribution in [0.25, 0.3) is 0 Å². The average molecular weight is 579 g/mol. The molecule has 0 fully saturated rings. The van der Waals surface area contributed by atoms with Gasteiger partial charge in [0.25, 0.3) is 0 Å². The van der Waals surface area contributed by atoms with Gasteiger partial charge in [-0.05, 0) is 74.0 Å². The maximum atomic E-state index is 12.6. The van der Waals surface area contributed by atoms with Crippen LogP contribution in [-0.4, -0.2) is 30.6 Å². The number of carbonyl (C=O) groups excluding carboxylic acids is 1. The van der Waals surface area contributed by atoms with Gasteiger partial charge in [0.05, 0.1) is 41.9 Å². The Hall–Kier alpha value is -4.03. The molecular formula is C29H26N2O7S2-2. The number of benzene rings is 4. The molecule has 0 saturated heterocycles. The van der Waals surface area contributed by atoms with E-state index in [1.165, 1.54) is 23.5 Å². The minimum atomic E-state index is -2.72. The van der Waals surface area contributed by atoms with E-state index in [0.717, 1.165) is 21.0 Å². The van der Waals surface area contributed by atoms with Crippen molar-refractivity contribution < 1.29 is 31.8 Å². The van der Waals surface area contributed by atoms with Crippen LogP contribution in [0.1, 0.15) is 27.0 Å². The normalized spacial score (nSPS) is 12.3. The van der Waals surface area contributed by atoms with Crippen molar-refractivity contribution in [3.63, 3.8) is 0 Å². The van der Waals surface area contributed by atoms with Crippen LogP contribution in [0.3, 0.4) is 0 Å². The summed E-state index contributed by atoms with van der Waals surface area (Å²) in [7, 11) is 1.21. The van der Waals surface area contributed by atoms with Crippen molar-refractivity contribution in [2.75, 3.05) is 15.7 Å². The number of nitrogens with zero attached hydrogens (tertiary/aromatic N) is 2. The summed E-state index contributed by atoms with van der Waals surface area (Å²) in [5.41, 5.74) is 3.71. The Kier molecular flexibility index (Phi) is 9.33. The molecule has 2 unspecified atom stereocenters. The number of esters is 1. The van der Waals surface area contributed by atoms with E-state index in [0.29, 0.717) is 17.1 Å². The molecule has 0 aliphatic heterocycles.